The number of amides is 1. The molecule has 0 unspecified atom stereocenters. The summed E-state index contributed by atoms with van der Waals surface area (Å²) in [5.74, 6) is 0.533. The van der Waals surface area contributed by atoms with Gasteiger partial charge in [0.15, 0.2) is 11.5 Å². The predicted molar refractivity (Wildman–Crippen MR) is 120 cm³/mol. The fourth-order valence-corrected chi connectivity index (χ4v) is 3.35. The van der Waals surface area contributed by atoms with Gasteiger partial charge in [-0.3, -0.25) is 4.79 Å². The summed E-state index contributed by atoms with van der Waals surface area (Å²) in [7, 11) is 1.42. The summed E-state index contributed by atoms with van der Waals surface area (Å²) in [6, 6.07) is 18.3. The smallest absolute Gasteiger partial charge is 0.271 e. The Morgan fingerprint density at radius 1 is 1.23 bits per heavy atom. The van der Waals surface area contributed by atoms with Crippen molar-refractivity contribution in [2.75, 3.05) is 7.11 Å². The summed E-state index contributed by atoms with van der Waals surface area (Å²) < 4.78 is 5.05. The van der Waals surface area contributed by atoms with E-state index in [-0.39, 0.29) is 22.4 Å². The molecule has 4 rings (SSSR count). The Hall–Kier alpha value is -3.84. The average molecular weight is 435 g/mol. The SMILES string of the molecule is COc1cc(/C=N\NC(=O)c2ccc3nc(Cc4ccccc4)[nH]c3c2)cc(Cl)c1O. The van der Waals surface area contributed by atoms with Gasteiger partial charge in [-0.1, -0.05) is 41.9 Å². The number of halogens is 1. The van der Waals surface area contributed by atoms with Gasteiger partial charge in [-0.2, -0.15) is 5.10 Å². The number of carbonyl (C=O) groups excluding carboxylic acids is 1. The number of carbonyl (C=O) groups is 1. The number of nitrogens with zero attached hydrogens (tertiary/aromatic N) is 2. The molecule has 0 bridgehead atoms. The van der Waals surface area contributed by atoms with Crippen molar-refractivity contribution in [2.45, 2.75) is 6.42 Å². The number of hydrogen-bond donors (Lipinski definition) is 3. The predicted octanol–water partition coefficient (Wildman–Crippen LogP) is 4.29. The number of aromatic amines is 1. The van der Waals surface area contributed by atoms with E-state index in [4.69, 9.17) is 16.3 Å². The van der Waals surface area contributed by atoms with Gasteiger partial charge in [0.2, 0.25) is 0 Å². The van der Waals surface area contributed by atoms with Crippen LogP contribution in [-0.2, 0) is 6.42 Å². The number of phenols is 1. The molecule has 0 aliphatic rings. The first-order valence-electron chi connectivity index (χ1n) is 9.46. The number of rotatable bonds is 6. The number of aromatic nitrogens is 2. The molecule has 1 aromatic heterocycles. The number of hydrazone groups is 1. The Morgan fingerprint density at radius 2 is 2.03 bits per heavy atom. The lowest BCUT2D eigenvalue weighted by atomic mass is 10.1. The zero-order valence-electron chi connectivity index (χ0n) is 16.6. The van der Waals surface area contributed by atoms with Crippen molar-refractivity contribution >= 4 is 34.8 Å². The molecule has 4 aromatic rings. The maximum atomic E-state index is 12.5. The van der Waals surface area contributed by atoms with E-state index in [0.29, 0.717) is 17.5 Å². The fourth-order valence-electron chi connectivity index (χ4n) is 3.13. The van der Waals surface area contributed by atoms with Crippen molar-refractivity contribution in [3.63, 3.8) is 0 Å². The van der Waals surface area contributed by atoms with Gasteiger partial charge >= 0.3 is 0 Å². The first-order chi connectivity index (χ1) is 15.0. The molecule has 0 spiro atoms. The van der Waals surface area contributed by atoms with Crippen LogP contribution in [-0.4, -0.2) is 34.3 Å². The number of H-pyrrole nitrogens is 1. The third kappa shape index (κ3) is 4.67. The molecule has 156 valence electrons. The van der Waals surface area contributed by atoms with Gasteiger partial charge in [0.25, 0.3) is 5.91 Å². The van der Waals surface area contributed by atoms with Crippen LogP contribution in [0.25, 0.3) is 11.0 Å². The minimum Gasteiger partial charge on any atom is -0.503 e. The van der Waals surface area contributed by atoms with Crippen LogP contribution in [0.5, 0.6) is 11.5 Å². The van der Waals surface area contributed by atoms with Gasteiger partial charge in [-0.15, -0.1) is 0 Å². The monoisotopic (exact) mass is 434 g/mol. The molecule has 0 aliphatic heterocycles. The minimum atomic E-state index is -0.366. The summed E-state index contributed by atoms with van der Waals surface area (Å²) in [4.78, 5) is 20.3. The Labute approximate surface area is 183 Å². The Balaban J connectivity index is 1.46. The molecule has 31 heavy (non-hydrogen) atoms. The molecule has 0 aliphatic carbocycles. The van der Waals surface area contributed by atoms with Crippen molar-refractivity contribution in [3.8, 4) is 11.5 Å². The van der Waals surface area contributed by atoms with E-state index in [1.165, 1.54) is 19.4 Å². The first kappa shape index (κ1) is 20.4. The van der Waals surface area contributed by atoms with Crippen molar-refractivity contribution in [1.29, 1.82) is 0 Å². The van der Waals surface area contributed by atoms with E-state index < -0.39 is 0 Å². The molecule has 0 saturated heterocycles. The van der Waals surface area contributed by atoms with Crippen LogP contribution in [0.4, 0.5) is 0 Å². The number of imidazole rings is 1. The fraction of sp³-hybridized carbons (Fsp3) is 0.0870. The maximum absolute atomic E-state index is 12.5. The number of methoxy groups -OCH3 is 1. The molecule has 3 N–H and O–H groups in total. The molecule has 1 heterocycles. The molecular weight excluding hydrogens is 416 g/mol. The Kier molecular flexibility index (Phi) is 5.86. The second-order valence-electron chi connectivity index (χ2n) is 6.83. The average Bonchev–Trinajstić information content (AvgIpc) is 3.18. The molecule has 0 fully saturated rings. The summed E-state index contributed by atoms with van der Waals surface area (Å²) in [6.45, 7) is 0. The first-order valence-corrected chi connectivity index (χ1v) is 9.84. The molecule has 7 nitrogen and oxygen atoms in total. The number of phenolic OH excluding ortho intramolecular Hbond substituents is 1. The van der Waals surface area contributed by atoms with Crippen LogP contribution in [0.2, 0.25) is 5.02 Å². The van der Waals surface area contributed by atoms with Gasteiger partial charge < -0.3 is 14.8 Å². The number of fused-ring (bicyclic) bond motifs is 1. The largest absolute Gasteiger partial charge is 0.503 e. The third-order valence-corrected chi connectivity index (χ3v) is 4.95. The number of hydrogen-bond acceptors (Lipinski definition) is 5. The van der Waals surface area contributed by atoms with Crippen LogP contribution in [0.1, 0.15) is 27.3 Å². The number of benzene rings is 3. The van der Waals surface area contributed by atoms with Crippen LogP contribution >= 0.6 is 11.6 Å². The normalized spacial score (nSPS) is 11.2. The standard InChI is InChI=1S/C23H19ClN4O3/c1-31-20-10-15(9-17(24)22(20)29)13-25-28-23(30)16-7-8-18-19(12-16)27-21(26-18)11-14-5-3-2-4-6-14/h2-10,12-13,29H,11H2,1H3,(H,26,27)(H,28,30)/b25-13-. The van der Waals surface area contributed by atoms with Crippen LogP contribution in [0.15, 0.2) is 65.8 Å². The summed E-state index contributed by atoms with van der Waals surface area (Å²) in [6.07, 6.45) is 2.10. The zero-order valence-corrected chi connectivity index (χ0v) is 17.3. The van der Waals surface area contributed by atoms with Crippen LogP contribution < -0.4 is 10.2 Å². The molecule has 1 amide bonds. The van der Waals surface area contributed by atoms with E-state index in [1.807, 2.05) is 30.3 Å². The molecule has 0 radical (unpaired) electrons. The highest BCUT2D eigenvalue weighted by molar-refractivity contribution is 6.32. The highest BCUT2D eigenvalue weighted by Crippen LogP contribution is 2.34. The summed E-state index contributed by atoms with van der Waals surface area (Å²) in [5, 5.41) is 13.9. The van der Waals surface area contributed by atoms with E-state index in [1.54, 1.807) is 24.3 Å². The van der Waals surface area contributed by atoms with Crippen molar-refractivity contribution in [3.05, 3.63) is 88.2 Å². The molecule has 0 atom stereocenters. The van der Waals surface area contributed by atoms with Crippen molar-refractivity contribution in [1.82, 2.24) is 15.4 Å². The van der Waals surface area contributed by atoms with E-state index in [9.17, 15) is 9.90 Å². The van der Waals surface area contributed by atoms with Crippen molar-refractivity contribution < 1.29 is 14.6 Å². The highest BCUT2D eigenvalue weighted by atomic mass is 35.5. The lowest BCUT2D eigenvalue weighted by Crippen LogP contribution is -2.17. The number of nitrogens with one attached hydrogen (secondary N) is 2. The van der Waals surface area contributed by atoms with E-state index in [0.717, 1.165) is 22.4 Å². The molecule has 0 saturated carbocycles. The number of ether oxygens (including phenoxy) is 1. The van der Waals surface area contributed by atoms with Gasteiger partial charge in [0.05, 0.1) is 29.4 Å². The summed E-state index contributed by atoms with van der Waals surface area (Å²) >= 11 is 5.96. The second kappa shape index (κ2) is 8.89. The van der Waals surface area contributed by atoms with Gasteiger partial charge in [-0.05, 0) is 41.5 Å². The topological polar surface area (TPSA) is 99.6 Å². The van der Waals surface area contributed by atoms with Gasteiger partial charge in [0.1, 0.15) is 5.82 Å². The van der Waals surface area contributed by atoms with E-state index in [2.05, 4.69) is 20.5 Å². The maximum Gasteiger partial charge on any atom is 0.271 e. The van der Waals surface area contributed by atoms with E-state index >= 15 is 0 Å². The highest BCUT2D eigenvalue weighted by Gasteiger charge is 2.10. The minimum absolute atomic E-state index is 0.128. The summed E-state index contributed by atoms with van der Waals surface area (Å²) in [5.41, 5.74) is 6.21. The lowest BCUT2D eigenvalue weighted by molar-refractivity contribution is 0.0955. The number of aromatic hydroxyl groups is 1. The van der Waals surface area contributed by atoms with Gasteiger partial charge in [0, 0.05) is 12.0 Å². The third-order valence-electron chi connectivity index (χ3n) is 4.66. The Bertz CT molecular complexity index is 1270. The van der Waals surface area contributed by atoms with Crippen molar-refractivity contribution in [2.24, 2.45) is 5.10 Å². The lowest BCUT2D eigenvalue weighted by Gasteiger charge is -2.06. The molecule has 3 aromatic carbocycles. The van der Waals surface area contributed by atoms with Gasteiger partial charge in [-0.25, -0.2) is 10.4 Å². The molecule has 8 heteroatoms. The molecular formula is C23H19ClN4O3. The zero-order chi connectivity index (χ0) is 21.8. The quantitative estimate of drug-likeness (QED) is 0.311. The second-order valence-corrected chi connectivity index (χ2v) is 7.24. The Morgan fingerprint density at radius 3 is 2.81 bits per heavy atom. The van der Waals surface area contributed by atoms with Crippen LogP contribution in [0.3, 0.4) is 0 Å². The van der Waals surface area contributed by atoms with Crippen LogP contribution in [0, 0.1) is 0 Å².